The van der Waals surface area contributed by atoms with Gasteiger partial charge in [-0.3, -0.25) is 9.52 Å². The van der Waals surface area contributed by atoms with Crippen molar-refractivity contribution in [2.45, 2.75) is 12.8 Å². The molecule has 0 amide bonds. The Morgan fingerprint density at radius 1 is 1.10 bits per heavy atom. The lowest BCUT2D eigenvalue weighted by atomic mass is 9.97. The molecule has 4 N–H and O–H groups in total. The van der Waals surface area contributed by atoms with Gasteiger partial charge in [-0.2, -0.15) is 8.42 Å². The Labute approximate surface area is 174 Å². The molecular weight excluding hydrogens is 407 g/mol. The van der Waals surface area contributed by atoms with Crippen LogP contribution in [0.4, 0.5) is 15.8 Å². The molecule has 0 aliphatic heterocycles. The number of rotatable bonds is 7. The molecule has 0 saturated carbocycles. The van der Waals surface area contributed by atoms with Crippen LogP contribution >= 0.6 is 0 Å². The predicted octanol–water partition coefficient (Wildman–Crippen LogP) is 3.22. The molecule has 0 saturated heterocycles. The summed E-state index contributed by atoms with van der Waals surface area (Å²) in [6, 6.07) is 14.7. The molecule has 0 bridgehead atoms. The second-order valence-electron chi connectivity index (χ2n) is 7.21. The average molecular weight is 431 g/mol. The average Bonchev–Trinajstić information content (AvgIpc) is 3.08. The number of carbonyl (C=O) groups excluding carboxylic acids is 1. The zero-order chi connectivity index (χ0) is 22.1. The van der Waals surface area contributed by atoms with Crippen LogP contribution in [0, 0.1) is 5.82 Å². The summed E-state index contributed by atoms with van der Waals surface area (Å²) >= 11 is 0. The number of ketones is 1. The lowest BCUT2D eigenvalue weighted by Crippen LogP contribution is -2.21. The van der Waals surface area contributed by atoms with Gasteiger partial charge in [-0.25, -0.2) is 9.53 Å². The van der Waals surface area contributed by atoms with Crippen LogP contribution in [0.5, 0.6) is 0 Å². The number of nitrogens with zero attached hydrogens (tertiary/aromatic N) is 1. The number of aromatic nitrogens is 1. The number of anilines is 2. The van der Waals surface area contributed by atoms with Crippen LogP contribution in [0.15, 0.2) is 54.6 Å². The largest absolute Gasteiger partial charge is 0.378 e. The maximum absolute atomic E-state index is 14.6. The lowest BCUT2D eigenvalue weighted by molar-refractivity contribution is 0.103. The predicted molar refractivity (Wildman–Crippen MR) is 116 cm³/mol. The van der Waals surface area contributed by atoms with E-state index in [0.717, 1.165) is 11.3 Å². The number of nitrogens with two attached hydrogens (primary N) is 1. The smallest absolute Gasteiger partial charge is 0.296 e. The Kier molecular flexibility index (Phi) is 5.95. The van der Waals surface area contributed by atoms with Gasteiger partial charge in [0, 0.05) is 43.0 Å². The molecule has 158 valence electrons. The van der Waals surface area contributed by atoms with Crippen LogP contribution in [-0.4, -0.2) is 33.3 Å². The van der Waals surface area contributed by atoms with E-state index in [-0.39, 0.29) is 23.1 Å². The second kappa shape index (κ2) is 8.29. The van der Waals surface area contributed by atoms with Crippen molar-refractivity contribution >= 4 is 27.4 Å². The van der Waals surface area contributed by atoms with Gasteiger partial charge in [-0.1, -0.05) is 19.1 Å². The summed E-state index contributed by atoms with van der Waals surface area (Å²) in [4.78, 5) is 17.6. The fourth-order valence-corrected chi connectivity index (χ4v) is 3.58. The summed E-state index contributed by atoms with van der Waals surface area (Å²) in [5, 5.41) is 4.95. The number of carbonyl (C=O) groups is 1. The minimum atomic E-state index is -3.87. The monoisotopic (exact) mass is 430 g/mol. The lowest BCUT2D eigenvalue weighted by Gasteiger charge is -2.12. The van der Waals surface area contributed by atoms with Crippen molar-refractivity contribution < 1.29 is 17.6 Å². The summed E-state index contributed by atoms with van der Waals surface area (Å²) < 4.78 is 39.0. The number of benzene rings is 2. The first kappa shape index (κ1) is 21.5. The molecule has 0 radical (unpaired) electrons. The highest BCUT2D eigenvalue weighted by Gasteiger charge is 2.20. The molecule has 30 heavy (non-hydrogen) atoms. The first-order chi connectivity index (χ1) is 14.0. The Hall–Kier alpha value is -3.17. The van der Waals surface area contributed by atoms with E-state index in [4.69, 9.17) is 5.14 Å². The zero-order valence-corrected chi connectivity index (χ0v) is 17.6. The second-order valence-corrected chi connectivity index (χ2v) is 8.50. The fraction of sp³-hybridized carbons (Fsp3) is 0.190. The van der Waals surface area contributed by atoms with Crippen LogP contribution < -0.4 is 14.8 Å². The summed E-state index contributed by atoms with van der Waals surface area (Å²) in [5.74, 6) is -1.20. The third-order valence-electron chi connectivity index (χ3n) is 4.79. The van der Waals surface area contributed by atoms with E-state index < -0.39 is 16.0 Å². The van der Waals surface area contributed by atoms with Crippen molar-refractivity contribution in [1.82, 2.24) is 4.98 Å². The quantitative estimate of drug-likeness (QED) is 0.500. The number of halogens is 1. The van der Waals surface area contributed by atoms with Gasteiger partial charge in [0.15, 0.2) is 0 Å². The van der Waals surface area contributed by atoms with Crippen molar-refractivity contribution in [1.29, 1.82) is 0 Å². The normalized spacial score (nSPS) is 12.4. The van der Waals surface area contributed by atoms with Gasteiger partial charge in [-0.15, -0.1) is 0 Å². The highest BCUT2D eigenvalue weighted by atomic mass is 32.2. The highest BCUT2D eigenvalue weighted by Crippen LogP contribution is 2.28. The Bertz CT molecular complexity index is 1150. The number of aromatic amines is 1. The maximum atomic E-state index is 14.6. The number of hydrogen-bond acceptors (Lipinski definition) is 4. The fourth-order valence-electron chi connectivity index (χ4n) is 3.12. The molecule has 0 spiro atoms. The van der Waals surface area contributed by atoms with Crippen LogP contribution in [0.1, 0.15) is 40.2 Å². The Morgan fingerprint density at radius 3 is 2.23 bits per heavy atom. The molecule has 0 aliphatic rings. The summed E-state index contributed by atoms with van der Waals surface area (Å²) in [7, 11) is -0.0553. The molecule has 3 aromatic rings. The van der Waals surface area contributed by atoms with E-state index in [1.54, 1.807) is 31.2 Å². The van der Waals surface area contributed by atoms with Gasteiger partial charge < -0.3 is 9.88 Å². The molecule has 3 rings (SSSR count). The zero-order valence-electron chi connectivity index (χ0n) is 16.8. The molecule has 2 aromatic carbocycles. The van der Waals surface area contributed by atoms with E-state index in [1.807, 2.05) is 31.1 Å². The van der Waals surface area contributed by atoms with Crippen LogP contribution in [0.3, 0.4) is 0 Å². The molecule has 0 aliphatic carbocycles. The summed E-state index contributed by atoms with van der Waals surface area (Å²) in [6.07, 6.45) is 0. The van der Waals surface area contributed by atoms with E-state index in [2.05, 4.69) is 9.71 Å². The minimum absolute atomic E-state index is 0.166. The first-order valence-corrected chi connectivity index (χ1v) is 10.7. The molecular formula is C21H23FN4O3S. The Morgan fingerprint density at radius 2 is 1.70 bits per heavy atom. The van der Waals surface area contributed by atoms with Gasteiger partial charge in [0.1, 0.15) is 5.82 Å². The molecule has 0 fully saturated rings. The van der Waals surface area contributed by atoms with Crippen LogP contribution in [-0.2, 0) is 10.2 Å². The van der Waals surface area contributed by atoms with Gasteiger partial charge in [-0.05, 0) is 42.0 Å². The van der Waals surface area contributed by atoms with E-state index >= 15 is 0 Å². The number of nitrogens with one attached hydrogen (secondary N) is 2. The molecule has 1 atom stereocenters. The van der Waals surface area contributed by atoms with Crippen molar-refractivity contribution in [2.75, 3.05) is 23.7 Å². The van der Waals surface area contributed by atoms with Crippen LogP contribution in [0.2, 0.25) is 0 Å². The van der Waals surface area contributed by atoms with Gasteiger partial charge in [0.05, 0.1) is 11.4 Å². The molecule has 9 heteroatoms. The van der Waals surface area contributed by atoms with Crippen molar-refractivity contribution in [3.05, 3.63) is 82.9 Å². The van der Waals surface area contributed by atoms with Gasteiger partial charge in [0.25, 0.3) is 10.2 Å². The number of H-pyrrole nitrogens is 1. The Balaban J connectivity index is 1.82. The number of hydrogen-bond donors (Lipinski definition) is 3. The topological polar surface area (TPSA) is 108 Å². The van der Waals surface area contributed by atoms with E-state index in [1.165, 1.54) is 18.2 Å². The van der Waals surface area contributed by atoms with E-state index in [9.17, 15) is 17.6 Å². The summed E-state index contributed by atoms with van der Waals surface area (Å²) in [5.41, 5.74) is 2.90. The van der Waals surface area contributed by atoms with Crippen molar-refractivity contribution in [3.63, 3.8) is 0 Å². The SMILES string of the molecule is CC(c1ccc(NS(N)(=O)=O)cc1)c1[nH]c(C(=O)c2ccc(N(C)C)cc2)cc1F. The third kappa shape index (κ3) is 4.87. The standard InChI is InChI=1S/C21H23FN4O3S/c1-13(14-4-8-16(9-5-14)25-30(23,28)29)20-18(22)12-19(24-20)21(27)15-6-10-17(11-7-15)26(2)3/h4-13,24-25H,1-3H3,(H2,23,28,29). The van der Waals surface area contributed by atoms with Crippen LogP contribution in [0.25, 0.3) is 0 Å². The van der Waals surface area contributed by atoms with Crippen molar-refractivity contribution in [2.24, 2.45) is 5.14 Å². The molecule has 1 aromatic heterocycles. The molecule has 1 unspecified atom stereocenters. The minimum Gasteiger partial charge on any atom is -0.378 e. The van der Waals surface area contributed by atoms with Gasteiger partial charge >= 0.3 is 0 Å². The van der Waals surface area contributed by atoms with E-state index in [0.29, 0.717) is 11.3 Å². The maximum Gasteiger partial charge on any atom is 0.296 e. The molecule has 7 nitrogen and oxygen atoms in total. The summed E-state index contributed by atoms with van der Waals surface area (Å²) in [6.45, 7) is 1.79. The van der Waals surface area contributed by atoms with Crippen molar-refractivity contribution in [3.8, 4) is 0 Å². The molecule has 1 heterocycles. The highest BCUT2D eigenvalue weighted by molar-refractivity contribution is 7.90. The first-order valence-electron chi connectivity index (χ1n) is 9.16. The third-order valence-corrected chi connectivity index (χ3v) is 5.31. The van der Waals surface area contributed by atoms with Gasteiger partial charge in [0.2, 0.25) is 5.78 Å².